The average Bonchev–Trinajstić information content (AvgIpc) is 3.01. The molecular weight excluding hydrogens is 284 g/mol. The molecule has 1 atom stereocenters. The predicted octanol–water partition coefficient (Wildman–Crippen LogP) is 2.79. The maximum absolute atomic E-state index is 12.2. The van der Waals surface area contributed by atoms with Gasteiger partial charge in [0, 0.05) is 17.0 Å². The SMILES string of the molecule is COc1ccc(C(=O)NCC(c2cccs2)N(C)C)cc1. The summed E-state index contributed by atoms with van der Waals surface area (Å²) in [4.78, 5) is 15.5. The predicted molar refractivity (Wildman–Crippen MR) is 86.1 cm³/mol. The third kappa shape index (κ3) is 4.06. The van der Waals surface area contributed by atoms with Crippen molar-refractivity contribution in [3.8, 4) is 5.75 Å². The molecule has 1 aromatic heterocycles. The lowest BCUT2D eigenvalue weighted by Crippen LogP contribution is -2.34. The van der Waals surface area contributed by atoms with Crippen LogP contribution in [0.5, 0.6) is 5.75 Å². The summed E-state index contributed by atoms with van der Waals surface area (Å²) in [7, 11) is 5.64. The summed E-state index contributed by atoms with van der Waals surface area (Å²) in [6, 6.07) is 11.4. The van der Waals surface area contributed by atoms with Crippen molar-refractivity contribution in [2.45, 2.75) is 6.04 Å². The van der Waals surface area contributed by atoms with Crippen molar-refractivity contribution in [2.24, 2.45) is 0 Å². The summed E-state index contributed by atoms with van der Waals surface area (Å²) in [5.74, 6) is 0.678. The van der Waals surface area contributed by atoms with Crippen molar-refractivity contribution in [1.29, 1.82) is 0 Å². The van der Waals surface area contributed by atoms with Crippen molar-refractivity contribution in [3.63, 3.8) is 0 Å². The molecule has 4 nitrogen and oxygen atoms in total. The second-order valence-corrected chi connectivity index (χ2v) is 5.91. The first-order valence-electron chi connectivity index (χ1n) is 6.74. The Morgan fingerprint density at radius 2 is 2.00 bits per heavy atom. The zero-order valence-electron chi connectivity index (χ0n) is 12.5. The van der Waals surface area contributed by atoms with Gasteiger partial charge in [-0.05, 0) is 49.8 Å². The van der Waals surface area contributed by atoms with E-state index < -0.39 is 0 Å². The van der Waals surface area contributed by atoms with Crippen LogP contribution in [0.15, 0.2) is 41.8 Å². The van der Waals surface area contributed by atoms with Gasteiger partial charge in [-0.2, -0.15) is 0 Å². The van der Waals surface area contributed by atoms with Gasteiger partial charge >= 0.3 is 0 Å². The molecule has 1 N–H and O–H groups in total. The summed E-state index contributed by atoms with van der Waals surface area (Å²) < 4.78 is 5.09. The standard InChI is InChI=1S/C16H20N2O2S/c1-18(2)14(15-5-4-10-21-15)11-17-16(19)12-6-8-13(20-3)9-7-12/h4-10,14H,11H2,1-3H3,(H,17,19). The smallest absolute Gasteiger partial charge is 0.251 e. The van der Waals surface area contributed by atoms with Gasteiger partial charge in [0.05, 0.1) is 13.2 Å². The number of ether oxygens (including phenoxy) is 1. The van der Waals surface area contributed by atoms with Gasteiger partial charge in [-0.1, -0.05) is 6.07 Å². The van der Waals surface area contributed by atoms with Crippen LogP contribution in [0.2, 0.25) is 0 Å². The first-order valence-corrected chi connectivity index (χ1v) is 7.62. The number of thiophene rings is 1. The van der Waals surface area contributed by atoms with Crippen LogP contribution in [-0.2, 0) is 0 Å². The number of likely N-dealkylation sites (N-methyl/N-ethyl adjacent to an activating group) is 1. The molecule has 1 heterocycles. The summed E-state index contributed by atoms with van der Waals surface area (Å²) in [5.41, 5.74) is 0.638. The zero-order valence-corrected chi connectivity index (χ0v) is 13.3. The number of hydrogen-bond acceptors (Lipinski definition) is 4. The topological polar surface area (TPSA) is 41.6 Å². The number of hydrogen-bond donors (Lipinski definition) is 1. The normalized spacial score (nSPS) is 12.2. The fraction of sp³-hybridized carbons (Fsp3) is 0.312. The van der Waals surface area contributed by atoms with Gasteiger partial charge in [-0.3, -0.25) is 4.79 Å². The zero-order chi connectivity index (χ0) is 15.2. The molecule has 0 aliphatic carbocycles. The molecular formula is C16H20N2O2S. The summed E-state index contributed by atoms with van der Waals surface area (Å²) in [5, 5.41) is 5.04. The second-order valence-electron chi connectivity index (χ2n) is 4.93. The van der Waals surface area contributed by atoms with Gasteiger partial charge in [0.1, 0.15) is 5.75 Å². The monoisotopic (exact) mass is 304 g/mol. The summed E-state index contributed by atoms with van der Waals surface area (Å²) >= 11 is 1.70. The van der Waals surface area contributed by atoms with E-state index in [-0.39, 0.29) is 11.9 Å². The molecule has 0 aliphatic rings. The van der Waals surface area contributed by atoms with Crippen LogP contribution in [0.4, 0.5) is 0 Å². The Labute approximate surface area is 129 Å². The van der Waals surface area contributed by atoms with Crippen LogP contribution in [-0.4, -0.2) is 38.6 Å². The number of nitrogens with zero attached hydrogens (tertiary/aromatic N) is 1. The van der Waals surface area contributed by atoms with Crippen LogP contribution < -0.4 is 10.1 Å². The molecule has 5 heteroatoms. The highest BCUT2D eigenvalue weighted by molar-refractivity contribution is 7.10. The summed E-state index contributed by atoms with van der Waals surface area (Å²) in [6.45, 7) is 0.582. The van der Waals surface area contributed by atoms with Crippen molar-refractivity contribution in [2.75, 3.05) is 27.7 Å². The number of methoxy groups -OCH3 is 1. The Morgan fingerprint density at radius 1 is 1.29 bits per heavy atom. The highest BCUT2D eigenvalue weighted by Gasteiger charge is 2.16. The van der Waals surface area contributed by atoms with Crippen molar-refractivity contribution < 1.29 is 9.53 Å². The van der Waals surface area contributed by atoms with Crippen LogP contribution in [0.25, 0.3) is 0 Å². The maximum atomic E-state index is 12.2. The lowest BCUT2D eigenvalue weighted by molar-refractivity contribution is 0.0942. The Bertz CT molecular complexity index is 564. The molecule has 0 aliphatic heterocycles. The van der Waals surface area contributed by atoms with E-state index in [4.69, 9.17) is 4.74 Å². The third-order valence-corrected chi connectivity index (χ3v) is 4.28. The Hall–Kier alpha value is -1.85. The van der Waals surface area contributed by atoms with E-state index in [1.165, 1.54) is 4.88 Å². The lowest BCUT2D eigenvalue weighted by Gasteiger charge is -2.23. The van der Waals surface area contributed by atoms with Gasteiger partial charge in [0.15, 0.2) is 0 Å². The van der Waals surface area contributed by atoms with Gasteiger partial charge in [-0.15, -0.1) is 11.3 Å². The number of carbonyl (C=O) groups excluding carboxylic acids is 1. The maximum Gasteiger partial charge on any atom is 0.251 e. The third-order valence-electron chi connectivity index (χ3n) is 3.30. The Balaban J connectivity index is 1.98. The number of carbonyl (C=O) groups is 1. The van der Waals surface area contributed by atoms with Crippen molar-refractivity contribution in [3.05, 3.63) is 52.2 Å². The average molecular weight is 304 g/mol. The van der Waals surface area contributed by atoms with E-state index in [0.717, 1.165) is 5.75 Å². The van der Waals surface area contributed by atoms with Crippen LogP contribution in [0, 0.1) is 0 Å². The molecule has 0 bridgehead atoms. The van der Waals surface area contributed by atoms with E-state index in [9.17, 15) is 4.79 Å². The first kappa shape index (κ1) is 15.5. The van der Waals surface area contributed by atoms with Crippen molar-refractivity contribution in [1.82, 2.24) is 10.2 Å². The fourth-order valence-corrected chi connectivity index (χ4v) is 2.97. The molecule has 0 spiro atoms. The lowest BCUT2D eigenvalue weighted by atomic mass is 10.2. The molecule has 2 rings (SSSR count). The number of amides is 1. The van der Waals surface area contributed by atoms with Gasteiger partial charge < -0.3 is 15.0 Å². The molecule has 2 aromatic rings. The first-order chi connectivity index (χ1) is 10.1. The van der Waals surface area contributed by atoms with E-state index >= 15 is 0 Å². The van der Waals surface area contributed by atoms with Crippen LogP contribution in [0.1, 0.15) is 21.3 Å². The van der Waals surface area contributed by atoms with Gasteiger partial charge in [0.25, 0.3) is 5.91 Å². The highest BCUT2D eigenvalue weighted by atomic mass is 32.1. The van der Waals surface area contributed by atoms with E-state index in [1.807, 2.05) is 20.2 Å². The highest BCUT2D eigenvalue weighted by Crippen LogP contribution is 2.22. The minimum Gasteiger partial charge on any atom is -0.497 e. The molecule has 112 valence electrons. The molecule has 0 saturated carbocycles. The minimum atomic E-state index is -0.0685. The molecule has 1 unspecified atom stereocenters. The fourth-order valence-electron chi connectivity index (χ4n) is 2.05. The van der Waals surface area contributed by atoms with Crippen LogP contribution in [0.3, 0.4) is 0 Å². The Morgan fingerprint density at radius 3 is 2.52 bits per heavy atom. The second kappa shape index (κ2) is 7.24. The molecule has 1 amide bonds. The number of rotatable bonds is 6. The largest absolute Gasteiger partial charge is 0.497 e. The summed E-state index contributed by atoms with van der Waals surface area (Å²) in [6.07, 6.45) is 0. The Kier molecular flexibility index (Phi) is 5.36. The van der Waals surface area contributed by atoms with Gasteiger partial charge in [-0.25, -0.2) is 0 Å². The van der Waals surface area contributed by atoms with Crippen LogP contribution >= 0.6 is 11.3 Å². The van der Waals surface area contributed by atoms with Crippen molar-refractivity contribution >= 4 is 17.2 Å². The molecule has 1 aromatic carbocycles. The number of benzene rings is 1. The molecule has 0 saturated heterocycles. The molecule has 0 fully saturated rings. The molecule has 0 radical (unpaired) electrons. The van der Waals surface area contributed by atoms with Gasteiger partial charge in [0.2, 0.25) is 0 Å². The molecule has 21 heavy (non-hydrogen) atoms. The quantitative estimate of drug-likeness (QED) is 0.892. The van der Waals surface area contributed by atoms with E-state index in [0.29, 0.717) is 12.1 Å². The van der Waals surface area contributed by atoms with E-state index in [1.54, 1.807) is 42.7 Å². The minimum absolute atomic E-state index is 0.0685. The number of nitrogens with one attached hydrogen (secondary N) is 1. The van der Waals surface area contributed by atoms with E-state index in [2.05, 4.69) is 21.7 Å².